The maximum absolute atomic E-state index is 10.7. The number of hydrogen-bond acceptors (Lipinski definition) is 3. The molecule has 0 amide bonds. The van der Waals surface area contributed by atoms with Crippen molar-refractivity contribution in [2.75, 3.05) is 0 Å². The highest BCUT2D eigenvalue weighted by molar-refractivity contribution is 6.31. The van der Waals surface area contributed by atoms with Crippen LogP contribution in [0.2, 0.25) is 5.02 Å². The van der Waals surface area contributed by atoms with Gasteiger partial charge in [0.05, 0.1) is 28.1 Å². The lowest BCUT2D eigenvalue weighted by atomic mass is 9.86. The summed E-state index contributed by atoms with van der Waals surface area (Å²) in [7, 11) is 0. The van der Waals surface area contributed by atoms with Crippen molar-refractivity contribution in [2.45, 2.75) is 77.0 Å². The zero-order valence-corrected chi connectivity index (χ0v) is 13.2. The second-order valence-electron chi connectivity index (χ2n) is 5.90. The lowest BCUT2D eigenvalue weighted by Crippen LogP contribution is -2.43. The van der Waals surface area contributed by atoms with Gasteiger partial charge in [-0.2, -0.15) is 5.10 Å². The molecule has 114 valence electrons. The van der Waals surface area contributed by atoms with Gasteiger partial charge in [-0.25, -0.2) is 0 Å². The maximum atomic E-state index is 10.7. The van der Waals surface area contributed by atoms with Gasteiger partial charge in [-0.3, -0.25) is 4.68 Å². The monoisotopic (exact) mass is 300 g/mol. The number of hydrogen-bond donors (Lipinski definition) is 2. The number of nitrogens with zero attached hydrogens (tertiary/aromatic N) is 2. The summed E-state index contributed by atoms with van der Waals surface area (Å²) >= 11 is 6.28. The molecule has 1 unspecified atom stereocenters. The lowest BCUT2D eigenvalue weighted by Gasteiger charge is -2.32. The van der Waals surface area contributed by atoms with Gasteiger partial charge in [0.25, 0.3) is 0 Å². The maximum Gasteiger partial charge on any atom is 0.0909 e. The van der Waals surface area contributed by atoms with E-state index in [0.29, 0.717) is 30.8 Å². The van der Waals surface area contributed by atoms with Gasteiger partial charge >= 0.3 is 0 Å². The summed E-state index contributed by atoms with van der Waals surface area (Å²) in [5, 5.41) is 26.2. The highest BCUT2D eigenvalue weighted by atomic mass is 35.5. The minimum absolute atomic E-state index is 0.365. The van der Waals surface area contributed by atoms with Crippen molar-refractivity contribution >= 4 is 11.6 Å². The average molecular weight is 301 g/mol. The molecule has 0 saturated heterocycles. The third-order valence-electron chi connectivity index (χ3n) is 4.43. The molecule has 1 fully saturated rings. The van der Waals surface area contributed by atoms with E-state index in [2.05, 4.69) is 5.10 Å². The third kappa shape index (κ3) is 3.18. The molecule has 1 aliphatic rings. The van der Waals surface area contributed by atoms with E-state index in [1.807, 2.05) is 18.5 Å². The smallest absolute Gasteiger partial charge is 0.0909 e. The molecule has 1 saturated carbocycles. The van der Waals surface area contributed by atoms with Crippen molar-refractivity contribution in [3.8, 4) is 0 Å². The first-order valence-electron chi connectivity index (χ1n) is 7.60. The van der Waals surface area contributed by atoms with Crippen molar-refractivity contribution in [2.24, 2.45) is 0 Å². The van der Waals surface area contributed by atoms with Crippen LogP contribution in [-0.2, 0) is 13.0 Å². The predicted molar refractivity (Wildman–Crippen MR) is 80.0 cm³/mol. The summed E-state index contributed by atoms with van der Waals surface area (Å²) in [6, 6.07) is 0. The quantitative estimate of drug-likeness (QED) is 0.841. The van der Waals surface area contributed by atoms with Crippen molar-refractivity contribution < 1.29 is 10.2 Å². The number of aliphatic hydroxyl groups excluding tert-OH is 1. The van der Waals surface area contributed by atoms with E-state index in [-0.39, 0.29) is 0 Å². The summed E-state index contributed by atoms with van der Waals surface area (Å²) in [5.41, 5.74) is 0.636. The Labute approximate surface area is 125 Å². The minimum Gasteiger partial charge on any atom is -0.390 e. The molecule has 1 aromatic heterocycles. The van der Waals surface area contributed by atoms with Crippen LogP contribution in [0.25, 0.3) is 0 Å². The topological polar surface area (TPSA) is 58.3 Å². The van der Waals surface area contributed by atoms with E-state index < -0.39 is 11.7 Å². The number of rotatable bonds is 4. The zero-order chi connectivity index (χ0) is 14.8. The minimum atomic E-state index is -0.976. The summed E-state index contributed by atoms with van der Waals surface area (Å²) in [6.45, 7) is 4.58. The molecule has 4 nitrogen and oxygen atoms in total. The van der Waals surface area contributed by atoms with Gasteiger partial charge in [0.2, 0.25) is 0 Å². The first-order valence-corrected chi connectivity index (χ1v) is 7.98. The van der Waals surface area contributed by atoms with Crippen LogP contribution in [0.3, 0.4) is 0 Å². The van der Waals surface area contributed by atoms with Gasteiger partial charge in [-0.05, 0) is 26.7 Å². The Kier molecular flexibility index (Phi) is 5.10. The molecule has 0 aromatic carbocycles. The molecule has 2 N–H and O–H groups in total. The Balaban J connectivity index is 2.16. The lowest BCUT2D eigenvalue weighted by molar-refractivity contribution is -0.0843. The van der Waals surface area contributed by atoms with E-state index >= 15 is 0 Å². The average Bonchev–Trinajstić information content (AvgIpc) is 2.61. The second kappa shape index (κ2) is 6.46. The van der Waals surface area contributed by atoms with E-state index in [4.69, 9.17) is 11.6 Å². The van der Waals surface area contributed by atoms with Crippen LogP contribution in [-0.4, -0.2) is 31.7 Å². The molecule has 0 spiro atoms. The Morgan fingerprint density at radius 1 is 1.30 bits per heavy atom. The number of aromatic nitrogens is 2. The highest BCUT2D eigenvalue weighted by Gasteiger charge is 2.36. The fourth-order valence-electron chi connectivity index (χ4n) is 3.11. The van der Waals surface area contributed by atoms with Gasteiger partial charge in [0.1, 0.15) is 0 Å². The molecule has 0 bridgehead atoms. The molecule has 1 aromatic rings. The highest BCUT2D eigenvalue weighted by Crippen LogP contribution is 2.32. The molecular formula is C15H25ClN2O2. The van der Waals surface area contributed by atoms with Crippen molar-refractivity contribution in [3.05, 3.63) is 16.4 Å². The number of halogens is 1. The van der Waals surface area contributed by atoms with Gasteiger partial charge in [-0.1, -0.05) is 37.3 Å². The standard InChI is InChI=1S/C15H25ClN2O2/c1-3-18-12(14(16)11(2)17-18)10-13(19)15(20)8-6-4-5-7-9-15/h13,19-20H,3-10H2,1-2H3. The largest absolute Gasteiger partial charge is 0.390 e. The zero-order valence-electron chi connectivity index (χ0n) is 12.4. The van der Waals surface area contributed by atoms with Crippen LogP contribution < -0.4 is 0 Å². The molecule has 5 heteroatoms. The van der Waals surface area contributed by atoms with Crippen LogP contribution in [0, 0.1) is 6.92 Å². The Morgan fingerprint density at radius 2 is 1.90 bits per heavy atom. The summed E-state index contributed by atoms with van der Waals surface area (Å²) in [5.74, 6) is 0. The van der Waals surface area contributed by atoms with Gasteiger partial charge in [-0.15, -0.1) is 0 Å². The summed E-state index contributed by atoms with van der Waals surface area (Å²) in [6.07, 6.45) is 5.17. The van der Waals surface area contributed by atoms with Crippen molar-refractivity contribution in [1.82, 2.24) is 9.78 Å². The molecule has 1 heterocycles. The van der Waals surface area contributed by atoms with Gasteiger partial charge in [0.15, 0.2) is 0 Å². The Bertz CT molecular complexity index is 451. The second-order valence-corrected chi connectivity index (χ2v) is 6.28. The molecule has 0 aliphatic heterocycles. The van der Waals surface area contributed by atoms with Crippen LogP contribution >= 0.6 is 11.6 Å². The first kappa shape index (κ1) is 15.8. The molecule has 1 aliphatic carbocycles. The van der Waals surface area contributed by atoms with Crippen LogP contribution in [0.1, 0.15) is 56.8 Å². The number of aryl methyl sites for hydroxylation is 2. The van der Waals surface area contributed by atoms with Crippen molar-refractivity contribution in [1.29, 1.82) is 0 Å². The van der Waals surface area contributed by atoms with E-state index in [1.165, 1.54) is 0 Å². The van der Waals surface area contributed by atoms with Crippen LogP contribution in [0.15, 0.2) is 0 Å². The predicted octanol–water partition coefficient (Wildman–Crippen LogP) is 2.85. The first-order chi connectivity index (χ1) is 9.48. The van der Waals surface area contributed by atoms with E-state index in [0.717, 1.165) is 37.1 Å². The van der Waals surface area contributed by atoms with Crippen LogP contribution in [0.5, 0.6) is 0 Å². The van der Waals surface area contributed by atoms with Crippen LogP contribution in [0.4, 0.5) is 0 Å². The molecular weight excluding hydrogens is 276 g/mol. The van der Waals surface area contributed by atoms with E-state index in [9.17, 15) is 10.2 Å². The van der Waals surface area contributed by atoms with Crippen molar-refractivity contribution in [3.63, 3.8) is 0 Å². The Morgan fingerprint density at radius 3 is 2.45 bits per heavy atom. The van der Waals surface area contributed by atoms with E-state index in [1.54, 1.807) is 0 Å². The SMILES string of the molecule is CCn1nc(C)c(Cl)c1CC(O)C1(O)CCCCCC1. The molecule has 2 rings (SSSR count). The molecule has 20 heavy (non-hydrogen) atoms. The van der Waals surface area contributed by atoms with Gasteiger partial charge < -0.3 is 10.2 Å². The van der Waals surface area contributed by atoms with Gasteiger partial charge in [0, 0.05) is 13.0 Å². The molecule has 0 radical (unpaired) electrons. The fraction of sp³-hybridized carbons (Fsp3) is 0.800. The fourth-order valence-corrected chi connectivity index (χ4v) is 3.32. The third-order valence-corrected chi connectivity index (χ3v) is 4.92. The summed E-state index contributed by atoms with van der Waals surface area (Å²) in [4.78, 5) is 0. The normalized spacial score (nSPS) is 20.6. The number of aliphatic hydroxyl groups is 2. The molecule has 1 atom stereocenters. The summed E-state index contributed by atoms with van der Waals surface area (Å²) < 4.78 is 1.82. The Hall–Kier alpha value is -0.580.